The van der Waals surface area contributed by atoms with Crippen molar-refractivity contribution in [3.63, 3.8) is 0 Å². The molecule has 0 aromatic carbocycles. The molecule has 3 heteroatoms. The maximum Gasteiger partial charge on any atom is 0.508 e. The number of unbranched alkanes of at least 4 members (excludes halogenated alkanes) is 5. The highest BCUT2D eigenvalue weighted by molar-refractivity contribution is 7.38. The fraction of sp³-hybridized carbons (Fsp3) is 1.00. The Kier molecular flexibility index (Phi) is 10.6. The minimum Gasteiger partial charge on any atom is -0.161 e. The summed E-state index contributed by atoms with van der Waals surface area (Å²) in [6.45, 7) is 4.33. The number of hydrogen-bond acceptors (Lipinski definition) is 1. The molecule has 0 heterocycles. The Hall–Kier alpha value is 0.0600. The first-order valence-electron chi connectivity index (χ1n) is 6.37. The third-order valence-electron chi connectivity index (χ3n) is 2.84. The van der Waals surface area contributed by atoms with Gasteiger partial charge in [0.15, 0.2) is 5.66 Å². The van der Waals surface area contributed by atoms with Gasteiger partial charge in [-0.25, -0.2) is 0 Å². The predicted octanol–water partition coefficient (Wildman–Crippen LogP) is 4.64. The van der Waals surface area contributed by atoms with E-state index in [1.54, 1.807) is 0 Å². The zero-order chi connectivity index (χ0) is 11.5. The molecular formula is C12H26O2P+. The van der Waals surface area contributed by atoms with Gasteiger partial charge in [-0.1, -0.05) is 46.0 Å². The van der Waals surface area contributed by atoms with Gasteiger partial charge < -0.3 is 0 Å². The summed E-state index contributed by atoms with van der Waals surface area (Å²) in [4.78, 5) is 9.15. The van der Waals surface area contributed by atoms with Crippen LogP contribution in [0.25, 0.3) is 0 Å². The van der Waals surface area contributed by atoms with Gasteiger partial charge in [0.25, 0.3) is 0 Å². The van der Waals surface area contributed by atoms with Gasteiger partial charge in [0.2, 0.25) is 0 Å². The molecule has 2 atom stereocenters. The van der Waals surface area contributed by atoms with Crippen LogP contribution in [0.15, 0.2) is 0 Å². The average Bonchev–Trinajstić information content (AvgIpc) is 2.21. The van der Waals surface area contributed by atoms with Crippen molar-refractivity contribution in [1.29, 1.82) is 0 Å². The Morgan fingerprint density at radius 3 is 2.00 bits per heavy atom. The van der Waals surface area contributed by atoms with E-state index in [1.165, 1.54) is 25.7 Å². The molecule has 0 aliphatic carbocycles. The van der Waals surface area contributed by atoms with Crippen LogP contribution in [0.1, 0.15) is 71.6 Å². The smallest absolute Gasteiger partial charge is 0.161 e. The zero-order valence-electron chi connectivity index (χ0n) is 10.2. The molecule has 1 N–H and O–H groups in total. The molecule has 0 rings (SSSR count). The van der Waals surface area contributed by atoms with Gasteiger partial charge in [-0.2, -0.15) is 4.89 Å². The summed E-state index contributed by atoms with van der Waals surface area (Å²) in [5.41, 5.74) is 0.0570. The average molecular weight is 233 g/mol. The molecule has 0 aliphatic heterocycles. The van der Waals surface area contributed by atoms with Crippen LogP contribution >= 0.6 is 8.03 Å². The van der Waals surface area contributed by atoms with Crippen LogP contribution in [0.5, 0.6) is 0 Å². The molecule has 0 bridgehead atoms. The maximum atomic E-state index is 11.1. The van der Waals surface area contributed by atoms with Crippen molar-refractivity contribution in [1.82, 2.24) is 0 Å². The van der Waals surface area contributed by atoms with Crippen LogP contribution in [0, 0.1) is 0 Å². The van der Waals surface area contributed by atoms with E-state index in [-0.39, 0.29) is 5.66 Å². The molecular weight excluding hydrogens is 207 g/mol. The van der Waals surface area contributed by atoms with Crippen molar-refractivity contribution in [3.05, 3.63) is 0 Å². The third kappa shape index (κ3) is 9.02. The van der Waals surface area contributed by atoms with Crippen molar-refractivity contribution in [2.75, 3.05) is 0 Å². The Bertz CT molecular complexity index is 160. The first kappa shape index (κ1) is 15.1. The molecule has 0 spiro atoms. The van der Waals surface area contributed by atoms with E-state index in [2.05, 4.69) is 13.8 Å². The number of hydrogen-bond donors (Lipinski definition) is 1. The molecule has 0 aromatic heterocycles. The molecule has 0 saturated carbocycles. The summed E-state index contributed by atoms with van der Waals surface area (Å²) in [5.74, 6) is 0. The van der Waals surface area contributed by atoms with E-state index in [9.17, 15) is 4.57 Å². The summed E-state index contributed by atoms with van der Waals surface area (Å²) in [5, 5.41) is 0. The lowest BCUT2D eigenvalue weighted by atomic mass is 10.1. The first-order valence-corrected chi connectivity index (χ1v) is 7.65. The standard InChI is InChI=1S/C12H25O2P/c1-3-5-7-8-9-11-12(15(13)14)10-6-4-2/h12H,3-11H2,1-2H3/p+1. The van der Waals surface area contributed by atoms with Crippen LogP contribution in [0.4, 0.5) is 0 Å². The fourth-order valence-corrected chi connectivity index (χ4v) is 2.60. The first-order chi connectivity index (χ1) is 7.22. The lowest BCUT2D eigenvalue weighted by molar-refractivity contribution is 0.466. The summed E-state index contributed by atoms with van der Waals surface area (Å²) >= 11 is 0. The Balaban J connectivity index is 3.53. The fourth-order valence-electron chi connectivity index (χ4n) is 1.79. The molecule has 2 nitrogen and oxygen atoms in total. The van der Waals surface area contributed by atoms with Gasteiger partial charge in [-0.15, -0.1) is 0 Å². The van der Waals surface area contributed by atoms with Gasteiger partial charge in [-0.05, 0) is 30.2 Å². The van der Waals surface area contributed by atoms with Gasteiger partial charge >= 0.3 is 8.03 Å². The number of rotatable bonds is 10. The second-order valence-electron chi connectivity index (χ2n) is 4.30. The van der Waals surface area contributed by atoms with Crippen molar-refractivity contribution in [2.24, 2.45) is 0 Å². The molecule has 0 amide bonds. The van der Waals surface area contributed by atoms with Crippen LogP contribution in [-0.4, -0.2) is 10.6 Å². The lowest BCUT2D eigenvalue weighted by Gasteiger charge is -2.04. The van der Waals surface area contributed by atoms with Gasteiger partial charge in [0.05, 0.1) is 0 Å². The van der Waals surface area contributed by atoms with Crippen LogP contribution in [0.3, 0.4) is 0 Å². The minimum atomic E-state index is -1.95. The van der Waals surface area contributed by atoms with E-state index >= 15 is 0 Å². The van der Waals surface area contributed by atoms with Crippen LogP contribution in [-0.2, 0) is 4.57 Å². The highest BCUT2D eigenvalue weighted by Crippen LogP contribution is 2.31. The SMILES string of the molecule is CCCCCCCC(CCCC)[P+](=O)O. The van der Waals surface area contributed by atoms with E-state index < -0.39 is 8.03 Å². The Labute approximate surface area is 95.3 Å². The summed E-state index contributed by atoms with van der Waals surface area (Å²) in [6, 6.07) is 0. The summed E-state index contributed by atoms with van der Waals surface area (Å²) in [7, 11) is -1.95. The molecule has 0 radical (unpaired) electrons. The highest BCUT2D eigenvalue weighted by atomic mass is 31.1. The van der Waals surface area contributed by atoms with E-state index in [1.807, 2.05) is 0 Å². The molecule has 0 saturated heterocycles. The largest absolute Gasteiger partial charge is 0.508 e. The molecule has 2 unspecified atom stereocenters. The topological polar surface area (TPSA) is 37.3 Å². The molecule has 0 aromatic rings. The Morgan fingerprint density at radius 1 is 0.933 bits per heavy atom. The van der Waals surface area contributed by atoms with Gasteiger partial charge in [0, 0.05) is 0 Å². The van der Waals surface area contributed by atoms with E-state index in [0.717, 1.165) is 32.1 Å². The highest BCUT2D eigenvalue weighted by Gasteiger charge is 2.27. The normalized spacial score (nSPS) is 13.9. The second-order valence-corrected chi connectivity index (χ2v) is 5.64. The zero-order valence-corrected chi connectivity index (χ0v) is 11.1. The van der Waals surface area contributed by atoms with Gasteiger partial charge in [0.1, 0.15) is 0 Å². The minimum absolute atomic E-state index is 0.0570. The summed E-state index contributed by atoms with van der Waals surface area (Å²) < 4.78 is 11.1. The Morgan fingerprint density at radius 2 is 1.47 bits per heavy atom. The van der Waals surface area contributed by atoms with Crippen molar-refractivity contribution >= 4 is 8.03 Å². The van der Waals surface area contributed by atoms with E-state index in [0.29, 0.717) is 0 Å². The molecule has 0 fully saturated rings. The molecule has 0 aliphatic rings. The monoisotopic (exact) mass is 233 g/mol. The molecule has 90 valence electrons. The van der Waals surface area contributed by atoms with Crippen LogP contribution in [0.2, 0.25) is 0 Å². The maximum absolute atomic E-state index is 11.1. The predicted molar refractivity (Wildman–Crippen MR) is 66.5 cm³/mol. The third-order valence-corrected chi connectivity index (χ3v) is 3.99. The van der Waals surface area contributed by atoms with Crippen LogP contribution < -0.4 is 0 Å². The van der Waals surface area contributed by atoms with Crippen molar-refractivity contribution in [3.8, 4) is 0 Å². The van der Waals surface area contributed by atoms with Crippen molar-refractivity contribution < 1.29 is 9.46 Å². The van der Waals surface area contributed by atoms with Gasteiger partial charge in [-0.3, -0.25) is 0 Å². The quantitative estimate of drug-likeness (QED) is 0.441. The van der Waals surface area contributed by atoms with Crippen molar-refractivity contribution in [2.45, 2.75) is 77.3 Å². The second kappa shape index (κ2) is 10.6. The molecule has 15 heavy (non-hydrogen) atoms. The summed E-state index contributed by atoms with van der Waals surface area (Å²) in [6.07, 6.45) is 10.2. The lowest BCUT2D eigenvalue weighted by Crippen LogP contribution is -2.02. The van der Waals surface area contributed by atoms with E-state index in [4.69, 9.17) is 4.89 Å².